The summed E-state index contributed by atoms with van der Waals surface area (Å²) in [6.07, 6.45) is 6.83. The number of rotatable bonds is 3. The van der Waals surface area contributed by atoms with Gasteiger partial charge in [0.25, 0.3) is 0 Å². The van der Waals surface area contributed by atoms with Gasteiger partial charge in [-0.25, -0.2) is 0 Å². The summed E-state index contributed by atoms with van der Waals surface area (Å²) in [5.74, 6) is 0. The molecule has 0 aliphatic heterocycles. The molecule has 0 saturated heterocycles. The maximum atomic E-state index is 5.95. The van der Waals surface area contributed by atoms with Crippen LogP contribution in [-0.2, 0) is 6.42 Å². The largest absolute Gasteiger partial charge is 0.277 e. The Morgan fingerprint density at radius 1 is 1.20 bits per heavy atom. The summed E-state index contributed by atoms with van der Waals surface area (Å²) in [6.45, 7) is 2.12. The molecule has 20 heavy (non-hydrogen) atoms. The zero-order valence-corrected chi connectivity index (χ0v) is 11.9. The molecule has 100 valence electrons. The van der Waals surface area contributed by atoms with Crippen molar-refractivity contribution >= 4 is 34.7 Å². The van der Waals surface area contributed by atoms with Crippen LogP contribution in [0.5, 0.6) is 0 Å². The van der Waals surface area contributed by atoms with E-state index in [1.807, 2.05) is 42.6 Å². The van der Waals surface area contributed by atoms with Crippen LogP contribution in [0.4, 0.5) is 0 Å². The summed E-state index contributed by atoms with van der Waals surface area (Å²) in [5.41, 5.74) is 3.98. The molecule has 1 N–H and O–H groups in total. The number of nitrogens with zero attached hydrogens (tertiary/aromatic N) is 2. The lowest BCUT2D eigenvalue weighted by Gasteiger charge is -1.96. The predicted molar refractivity (Wildman–Crippen MR) is 83.6 cm³/mol. The first-order valence-corrected chi connectivity index (χ1v) is 6.90. The number of halogens is 1. The number of nitrogens with one attached hydrogen (secondary N) is 1. The third-order valence-electron chi connectivity index (χ3n) is 3.22. The highest BCUT2D eigenvalue weighted by molar-refractivity contribution is 6.31. The Bertz CT molecular complexity index is 757. The molecular weight excluding hydrogens is 270 g/mol. The third kappa shape index (κ3) is 2.58. The van der Waals surface area contributed by atoms with Crippen LogP contribution in [0.2, 0.25) is 5.02 Å². The van der Waals surface area contributed by atoms with E-state index in [1.54, 1.807) is 0 Å². The third-order valence-corrected chi connectivity index (χ3v) is 3.46. The summed E-state index contributed by atoms with van der Waals surface area (Å²) in [4.78, 5) is 4.40. The Morgan fingerprint density at radius 2 is 2.10 bits per heavy atom. The molecule has 0 amide bonds. The molecule has 3 rings (SSSR count). The SMILES string of the molecule is CCc1ccc(/C=C/c2n[nH]c3cc(Cl)ccc23)nc1. The van der Waals surface area contributed by atoms with E-state index in [0.29, 0.717) is 5.02 Å². The number of aromatic nitrogens is 3. The van der Waals surface area contributed by atoms with E-state index < -0.39 is 0 Å². The zero-order chi connectivity index (χ0) is 13.9. The second-order valence-corrected chi connectivity index (χ2v) is 5.01. The van der Waals surface area contributed by atoms with Gasteiger partial charge in [0.05, 0.1) is 16.9 Å². The Kier molecular flexibility index (Phi) is 3.52. The Morgan fingerprint density at radius 3 is 2.85 bits per heavy atom. The van der Waals surface area contributed by atoms with Crippen molar-refractivity contribution in [3.63, 3.8) is 0 Å². The Balaban J connectivity index is 1.89. The average molecular weight is 284 g/mol. The Hall–Kier alpha value is -2.13. The fourth-order valence-electron chi connectivity index (χ4n) is 2.05. The number of fused-ring (bicyclic) bond motifs is 1. The molecule has 0 saturated carbocycles. The van der Waals surface area contributed by atoms with E-state index in [1.165, 1.54) is 5.56 Å². The molecule has 0 spiro atoms. The molecule has 1 aromatic carbocycles. The van der Waals surface area contributed by atoms with Gasteiger partial charge in [0, 0.05) is 16.6 Å². The van der Waals surface area contributed by atoms with Crippen molar-refractivity contribution in [2.75, 3.05) is 0 Å². The molecule has 0 bridgehead atoms. The van der Waals surface area contributed by atoms with Crippen molar-refractivity contribution in [2.45, 2.75) is 13.3 Å². The molecule has 3 nitrogen and oxygen atoms in total. The van der Waals surface area contributed by atoms with Crippen molar-refractivity contribution in [3.8, 4) is 0 Å². The van der Waals surface area contributed by atoms with E-state index in [2.05, 4.69) is 28.2 Å². The van der Waals surface area contributed by atoms with Crippen molar-refractivity contribution in [2.24, 2.45) is 0 Å². The minimum Gasteiger partial charge on any atom is -0.277 e. The molecule has 0 radical (unpaired) electrons. The van der Waals surface area contributed by atoms with Gasteiger partial charge in [-0.3, -0.25) is 10.1 Å². The van der Waals surface area contributed by atoms with E-state index in [0.717, 1.165) is 28.7 Å². The number of aryl methyl sites for hydroxylation is 1. The Labute approximate surface area is 122 Å². The molecule has 3 aromatic rings. The maximum absolute atomic E-state index is 5.95. The minimum absolute atomic E-state index is 0.702. The van der Waals surface area contributed by atoms with Crippen molar-refractivity contribution < 1.29 is 0 Å². The number of benzene rings is 1. The summed E-state index contributed by atoms with van der Waals surface area (Å²) in [7, 11) is 0. The number of hydrogen-bond acceptors (Lipinski definition) is 2. The predicted octanol–water partition coefficient (Wildman–Crippen LogP) is 4.34. The van der Waals surface area contributed by atoms with Gasteiger partial charge in [-0.15, -0.1) is 0 Å². The summed E-state index contributed by atoms with van der Waals surface area (Å²) in [5, 5.41) is 9.02. The van der Waals surface area contributed by atoms with E-state index in [-0.39, 0.29) is 0 Å². The molecule has 0 unspecified atom stereocenters. The fraction of sp³-hybridized carbons (Fsp3) is 0.125. The van der Waals surface area contributed by atoms with Gasteiger partial charge in [0.2, 0.25) is 0 Å². The molecule has 4 heteroatoms. The number of aromatic amines is 1. The topological polar surface area (TPSA) is 41.6 Å². The summed E-state index contributed by atoms with van der Waals surface area (Å²) < 4.78 is 0. The van der Waals surface area contributed by atoms with Gasteiger partial charge in [-0.2, -0.15) is 5.10 Å². The lowest BCUT2D eigenvalue weighted by molar-refractivity contribution is 1.10. The number of H-pyrrole nitrogens is 1. The first-order chi connectivity index (χ1) is 9.76. The molecule has 0 fully saturated rings. The smallest absolute Gasteiger partial charge is 0.0928 e. The number of pyridine rings is 1. The molecule has 0 aliphatic rings. The van der Waals surface area contributed by atoms with E-state index in [9.17, 15) is 0 Å². The quantitative estimate of drug-likeness (QED) is 0.777. The van der Waals surface area contributed by atoms with Gasteiger partial charge in [0.15, 0.2) is 0 Å². The normalized spacial score (nSPS) is 11.5. The first kappa shape index (κ1) is 12.9. The summed E-state index contributed by atoms with van der Waals surface area (Å²) in [6, 6.07) is 9.81. The van der Waals surface area contributed by atoms with Gasteiger partial charge in [-0.1, -0.05) is 24.6 Å². The fourth-order valence-corrected chi connectivity index (χ4v) is 2.22. The molecule has 0 aliphatic carbocycles. The lowest BCUT2D eigenvalue weighted by Crippen LogP contribution is -1.84. The van der Waals surface area contributed by atoms with E-state index >= 15 is 0 Å². The zero-order valence-electron chi connectivity index (χ0n) is 11.1. The molecular formula is C16H14ClN3. The van der Waals surface area contributed by atoms with Crippen LogP contribution >= 0.6 is 11.6 Å². The van der Waals surface area contributed by atoms with Crippen LogP contribution < -0.4 is 0 Å². The van der Waals surface area contributed by atoms with Crippen LogP contribution in [0.1, 0.15) is 23.9 Å². The van der Waals surface area contributed by atoms with Gasteiger partial charge in [-0.05, 0) is 48.4 Å². The minimum atomic E-state index is 0.702. The van der Waals surface area contributed by atoms with Crippen LogP contribution in [0.25, 0.3) is 23.1 Å². The molecule has 2 aromatic heterocycles. The standard InChI is InChI=1S/C16H14ClN3/c1-2-11-3-5-13(18-10-11)6-8-15-14-7-4-12(17)9-16(14)20-19-15/h3-10H,2H2,1H3,(H,19,20)/b8-6+. The van der Waals surface area contributed by atoms with Crippen LogP contribution in [0.3, 0.4) is 0 Å². The molecule has 0 atom stereocenters. The highest BCUT2D eigenvalue weighted by Crippen LogP contribution is 2.21. The van der Waals surface area contributed by atoms with Gasteiger partial charge >= 0.3 is 0 Å². The van der Waals surface area contributed by atoms with Crippen LogP contribution in [0, 0.1) is 0 Å². The summed E-state index contributed by atoms with van der Waals surface area (Å²) >= 11 is 5.95. The average Bonchev–Trinajstić information content (AvgIpc) is 2.88. The highest BCUT2D eigenvalue weighted by atomic mass is 35.5. The second-order valence-electron chi connectivity index (χ2n) is 4.58. The number of hydrogen-bond donors (Lipinski definition) is 1. The van der Waals surface area contributed by atoms with Gasteiger partial charge < -0.3 is 0 Å². The highest BCUT2D eigenvalue weighted by Gasteiger charge is 2.02. The van der Waals surface area contributed by atoms with Crippen LogP contribution in [0.15, 0.2) is 36.5 Å². The van der Waals surface area contributed by atoms with Crippen molar-refractivity contribution in [1.29, 1.82) is 0 Å². The molecule has 2 heterocycles. The maximum Gasteiger partial charge on any atom is 0.0928 e. The second kappa shape index (κ2) is 5.47. The van der Waals surface area contributed by atoms with Gasteiger partial charge in [0.1, 0.15) is 0 Å². The van der Waals surface area contributed by atoms with E-state index in [4.69, 9.17) is 11.6 Å². The van der Waals surface area contributed by atoms with Crippen molar-refractivity contribution in [3.05, 3.63) is 58.5 Å². The first-order valence-electron chi connectivity index (χ1n) is 6.53. The lowest BCUT2D eigenvalue weighted by atomic mass is 10.2. The van der Waals surface area contributed by atoms with Crippen LogP contribution in [-0.4, -0.2) is 15.2 Å². The van der Waals surface area contributed by atoms with Crippen molar-refractivity contribution in [1.82, 2.24) is 15.2 Å². The monoisotopic (exact) mass is 283 g/mol.